The summed E-state index contributed by atoms with van der Waals surface area (Å²) in [7, 11) is 0. The van der Waals surface area contributed by atoms with Crippen LogP contribution in [0.15, 0.2) is 24.5 Å². The Morgan fingerprint density at radius 1 is 1.19 bits per heavy atom. The van der Waals surface area contributed by atoms with Crippen LogP contribution in [0.1, 0.15) is 35.5 Å². The molecule has 0 atom stereocenters. The van der Waals surface area contributed by atoms with Gasteiger partial charge in [0.25, 0.3) is 0 Å². The second kappa shape index (κ2) is 8.10. The second-order valence-corrected chi connectivity index (χ2v) is 7.35. The maximum absolute atomic E-state index is 9.20. The average molecular weight is 353 g/mol. The summed E-state index contributed by atoms with van der Waals surface area (Å²) in [5.41, 5.74) is 3.66. The number of fused-ring (bicyclic) bond motifs is 1. The molecular weight excluding hydrogens is 326 g/mol. The highest BCUT2D eigenvalue weighted by Gasteiger charge is 2.25. The van der Waals surface area contributed by atoms with E-state index in [0.717, 1.165) is 56.5 Å². The predicted octanol–water partition coefficient (Wildman–Crippen LogP) is 1.83. The van der Waals surface area contributed by atoms with Gasteiger partial charge in [-0.2, -0.15) is 0 Å². The zero-order valence-corrected chi connectivity index (χ0v) is 15.2. The van der Waals surface area contributed by atoms with Crippen molar-refractivity contribution in [2.45, 2.75) is 38.6 Å². The van der Waals surface area contributed by atoms with Gasteiger partial charge in [0.15, 0.2) is 0 Å². The minimum Gasteiger partial charge on any atom is -0.395 e. The Morgan fingerprint density at radius 2 is 2.08 bits per heavy atom. The molecule has 6 heteroatoms. The van der Waals surface area contributed by atoms with E-state index in [1.165, 1.54) is 29.7 Å². The molecule has 4 rings (SSSR count). The average Bonchev–Trinajstić information content (AvgIpc) is 3.49. The largest absolute Gasteiger partial charge is 0.395 e. The zero-order chi connectivity index (χ0) is 17.8. The smallest absolute Gasteiger partial charge is 0.133 e. The molecule has 0 radical (unpaired) electrons. The summed E-state index contributed by atoms with van der Waals surface area (Å²) in [6.07, 6.45) is 9.24. The van der Waals surface area contributed by atoms with Crippen molar-refractivity contribution in [3.05, 3.63) is 47.2 Å². The molecule has 0 aromatic carbocycles. The molecule has 6 nitrogen and oxygen atoms in total. The second-order valence-electron chi connectivity index (χ2n) is 7.35. The van der Waals surface area contributed by atoms with E-state index >= 15 is 0 Å². The van der Waals surface area contributed by atoms with Crippen LogP contribution in [0.4, 0.5) is 5.82 Å². The lowest BCUT2D eigenvalue weighted by Gasteiger charge is -2.19. The molecular formula is C20H27N5O. The van der Waals surface area contributed by atoms with Crippen LogP contribution in [0.2, 0.25) is 0 Å². The summed E-state index contributed by atoms with van der Waals surface area (Å²) in [6, 6.07) is 4.13. The van der Waals surface area contributed by atoms with Gasteiger partial charge in [-0.05, 0) is 36.8 Å². The number of rotatable bonds is 7. The maximum atomic E-state index is 9.20. The lowest BCUT2D eigenvalue weighted by Crippen LogP contribution is -2.26. The van der Waals surface area contributed by atoms with Crippen LogP contribution in [-0.2, 0) is 25.8 Å². The molecule has 2 aromatic rings. The molecule has 0 spiro atoms. The van der Waals surface area contributed by atoms with E-state index in [0.29, 0.717) is 6.54 Å². The molecule has 3 heterocycles. The SMILES string of the molecule is OCCNc1nc(CC2CC2)nc2c1CCN(Cc1cccnc1)CC2. The highest BCUT2D eigenvalue weighted by atomic mass is 16.3. The van der Waals surface area contributed by atoms with Crippen molar-refractivity contribution in [2.24, 2.45) is 5.92 Å². The quantitative estimate of drug-likeness (QED) is 0.791. The highest BCUT2D eigenvalue weighted by Crippen LogP contribution is 2.32. The molecule has 2 N–H and O–H groups in total. The Hall–Kier alpha value is -2.05. The lowest BCUT2D eigenvalue weighted by atomic mass is 10.1. The molecule has 0 saturated heterocycles. The van der Waals surface area contributed by atoms with E-state index in [2.05, 4.69) is 21.3 Å². The number of nitrogens with one attached hydrogen (secondary N) is 1. The first-order valence-corrected chi connectivity index (χ1v) is 9.66. The summed E-state index contributed by atoms with van der Waals surface area (Å²) in [6.45, 7) is 3.56. The van der Waals surface area contributed by atoms with Crippen LogP contribution in [0.3, 0.4) is 0 Å². The fourth-order valence-corrected chi connectivity index (χ4v) is 3.60. The summed E-state index contributed by atoms with van der Waals surface area (Å²) >= 11 is 0. The number of anilines is 1. The van der Waals surface area contributed by atoms with Crippen LogP contribution in [0.25, 0.3) is 0 Å². The molecule has 2 aliphatic rings. The number of aromatic nitrogens is 3. The van der Waals surface area contributed by atoms with Crippen molar-refractivity contribution in [3.63, 3.8) is 0 Å². The Morgan fingerprint density at radius 3 is 2.85 bits per heavy atom. The van der Waals surface area contributed by atoms with Crippen LogP contribution >= 0.6 is 0 Å². The molecule has 1 fully saturated rings. The minimum absolute atomic E-state index is 0.115. The summed E-state index contributed by atoms with van der Waals surface area (Å²) < 4.78 is 0. The van der Waals surface area contributed by atoms with Gasteiger partial charge in [0.1, 0.15) is 11.6 Å². The first kappa shape index (κ1) is 17.4. The van der Waals surface area contributed by atoms with Crippen molar-refractivity contribution in [2.75, 3.05) is 31.6 Å². The van der Waals surface area contributed by atoms with Gasteiger partial charge in [0.2, 0.25) is 0 Å². The first-order chi connectivity index (χ1) is 12.8. The Balaban J connectivity index is 1.51. The van der Waals surface area contributed by atoms with Gasteiger partial charge in [-0.25, -0.2) is 9.97 Å². The molecule has 0 amide bonds. The monoisotopic (exact) mass is 353 g/mol. The predicted molar refractivity (Wildman–Crippen MR) is 101 cm³/mol. The number of pyridine rings is 1. The third-order valence-corrected chi connectivity index (χ3v) is 5.18. The Kier molecular flexibility index (Phi) is 5.41. The molecule has 26 heavy (non-hydrogen) atoms. The third kappa shape index (κ3) is 4.37. The molecule has 0 unspecified atom stereocenters. The standard InChI is InChI=1S/C20H27N5O/c26-11-8-22-20-17-5-9-25(14-16-2-1-7-21-13-16)10-6-18(17)23-19(24-20)12-15-3-4-15/h1-2,7,13,15,26H,3-6,8-12,14H2,(H,22,23,24). The van der Waals surface area contributed by atoms with E-state index in [4.69, 9.17) is 9.97 Å². The third-order valence-electron chi connectivity index (χ3n) is 5.18. The van der Waals surface area contributed by atoms with Gasteiger partial charge >= 0.3 is 0 Å². The number of hydrogen-bond acceptors (Lipinski definition) is 6. The van der Waals surface area contributed by atoms with Crippen molar-refractivity contribution in [3.8, 4) is 0 Å². The molecule has 1 aliphatic carbocycles. The Bertz CT molecular complexity index is 732. The van der Waals surface area contributed by atoms with Gasteiger partial charge in [0.05, 0.1) is 12.3 Å². The van der Waals surface area contributed by atoms with Crippen molar-refractivity contribution in [1.29, 1.82) is 0 Å². The number of nitrogens with zero attached hydrogens (tertiary/aromatic N) is 4. The zero-order valence-electron chi connectivity index (χ0n) is 15.2. The van der Waals surface area contributed by atoms with Crippen LogP contribution in [0, 0.1) is 5.92 Å². The highest BCUT2D eigenvalue weighted by molar-refractivity contribution is 5.47. The van der Waals surface area contributed by atoms with Gasteiger partial charge in [-0.1, -0.05) is 6.07 Å². The van der Waals surface area contributed by atoms with Gasteiger partial charge < -0.3 is 10.4 Å². The van der Waals surface area contributed by atoms with Crippen LogP contribution < -0.4 is 5.32 Å². The summed E-state index contributed by atoms with van der Waals surface area (Å²) in [5, 5.41) is 12.5. The molecule has 2 aromatic heterocycles. The fraction of sp³-hybridized carbons (Fsp3) is 0.550. The molecule has 1 aliphatic heterocycles. The maximum Gasteiger partial charge on any atom is 0.133 e. The molecule has 1 saturated carbocycles. The van der Waals surface area contributed by atoms with E-state index in [1.807, 2.05) is 18.5 Å². The van der Waals surface area contributed by atoms with Gasteiger partial charge in [-0.3, -0.25) is 9.88 Å². The normalized spacial score (nSPS) is 17.6. The first-order valence-electron chi connectivity index (χ1n) is 9.66. The molecule has 0 bridgehead atoms. The van der Waals surface area contributed by atoms with Gasteiger partial charge in [-0.15, -0.1) is 0 Å². The number of hydrogen-bond donors (Lipinski definition) is 2. The topological polar surface area (TPSA) is 74.2 Å². The summed E-state index contributed by atoms with van der Waals surface area (Å²) in [5.74, 6) is 2.67. The number of aliphatic hydroxyl groups is 1. The van der Waals surface area contributed by atoms with Gasteiger partial charge in [0, 0.05) is 57.0 Å². The Labute approximate surface area is 154 Å². The van der Waals surface area contributed by atoms with Crippen LogP contribution in [0.5, 0.6) is 0 Å². The number of aliphatic hydroxyl groups excluding tert-OH is 1. The van der Waals surface area contributed by atoms with E-state index in [9.17, 15) is 5.11 Å². The van der Waals surface area contributed by atoms with Crippen molar-refractivity contribution < 1.29 is 5.11 Å². The minimum atomic E-state index is 0.115. The molecule has 138 valence electrons. The fourth-order valence-electron chi connectivity index (χ4n) is 3.60. The van der Waals surface area contributed by atoms with E-state index in [1.54, 1.807) is 0 Å². The van der Waals surface area contributed by atoms with E-state index < -0.39 is 0 Å². The van der Waals surface area contributed by atoms with Crippen molar-refractivity contribution in [1.82, 2.24) is 19.9 Å². The van der Waals surface area contributed by atoms with Crippen LogP contribution in [-0.4, -0.2) is 51.2 Å². The summed E-state index contributed by atoms with van der Waals surface area (Å²) in [4.78, 5) is 16.4. The van der Waals surface area contributed by atoms with E-state index in [-0.39, 0.29) is 6.61 Å². The lowest BCUT2D eigenvalue weighted by molar-refractivity contribution is 0.278. The van der Waals surface area contributed by atoms with Crippen molar-refractivity contribution >= 4 is 5.82 Å².